The van der Waals surface area contributed by atoms with Gasteiger partial charge >= 0.3 is 0 Å². The van der Waals surface area contributed by atoms with Crippen molar-refractivity contribution in [2.24, 2.45) is 0 Å². The van der Waals surface area contributed by atoms with Crippen molar-refractivity contribution in [2.75, 3.05) is 7.05 Å². The van der Waals surface area contributed by atoms with Crippen LogP contribution in [-0.4, -0.2) is 13.0 Å². The van der Waals surface area contributed by atoms with Gasteiger partial charge in [-0.05, 0) is 6.92 Å². The Balaban J connectivity index is 4.23. The van der Waals surface area contributed by atoms with Crippen molar-refractivity contribution in [3.8, 4) is 0 Å². The van der Waals surface area contributed by atoms with E-state index in [-0.39, 0.29) is 5.91 Å². The van der Waals surface area contributed by atoms with Crippen molar-refractivity contribution >= 4 is 17.5 Å². The minimum absolute atomic E-state index is 0.247. The largest absolute Gasteiger partial charge is 0.355 e. The fraction of sp³-hybridized carbons (Fsp3) is 0.286. The molecule has 56 valence electrons. The summed E-state index contributed by atoms with van der Waals surface area (Å²) in [5, 5.41) is 2.80. The van der Waals surface area contributed by atoms with Gasteiger partial charge in [-0.15, -0.1) is 0 Å². The van der Waals surface area contributed by atoms with Gasteiger partial charge in [-0.3, -0.25) is 4.79 Å². The SMILES string of the molecule is C=C(C(=O)NC)C(Cl)=CC. The first-order valence-corrected chi connectivity index (χ1v) is 3.24. The smallest absolute Gasteiger partial charge is 0.251 e. The van der Waals surface area contributed by atoms with Crippen LogP contribution in [0.2, 0.25) is 0 Å². The first kappa shape index (κ1) is 9.24. The van der Waals surface area contributed by atoms with Crippen LogP contribution in [0.25, 0.3) is 0 Å². The quantitative estimate of drug-likeness (QED) is 0.480. The molecule has 0 aliphatic rings. The number of amides is 1. The predicted octanol–water partition coefficient (Wildman–Crippen LogP) is 1.43. The third-order valence-corrected chi connectivity index (χ3v) is 1.49. The van der Waals surface area contributed by atoms with E-state index in [1.807, 2.05) is 0 Å². The second-order valence-corrected chi connectivity index (χ2v) is 2.10. The molecule has 0 aliphatic heterocycles. The summed E-state index contributed by atoms with van der Waals surface area (Å²) in [4.78, 5) is 10.8. The molecule has 0 aliphatic carbocycles. The molecule has 0 saturated carbocycles. The molecular formula is C7H10ClNO. The number of hydrogen-bond acceptors (Lipinski definition) is 1. The third kappa shape index (κ3) is 2.23. The van der Waals surface area contributed by atoms with Crippen LogP contribution < -0.4 is 5.32 Å². The number of rotatable bonds is 2. The molecule has 10 heavy (non-hydrogen) atoms. The van der Waals surface area contributed by atoms with E-state index in [1.54, 1.807) is 13.0 Å². The number of hydrogen-bond donors (Lipinski definition) is 1. The summed E-state index contributed by atoms with van der Waals surface area (Å²) in [6.45, 7) is 5.23. The Kier molecular flexibility index (Phi) is 3.81. The normalized spacial score (nSPS) is 10.9. The summed E-state index contributed by atoms with van der Waals surface area (Å²) in [6.07, 6.45) is 1.62. The molecule has 0 spiro atoms. The highest BCUT2D eigenvalue weighted by Gasteiger charge is 2.05. The molecule has 0 aromatic heterocycles. The molecule has 0 aromatic rings. The third-order valence-electron chi connectivity index (χ3n) is 1.04. The zero-order valence-electron chi connectivity index (χ0n) is 6.07. The average Bonchev–Trinajstić information content (AvgIpc) is 2.00. The number of likely N-dealkylation sites (N-methyl/N-ethyl adjacent to an activating group) is 1. The number of carbonyl (C=O) groups is 1. The van der Waals surface area contributed by atoms with E-state index >= 15 is 0 Å². The highest BCUT2D eigenvalue weighted by molar-refractivity contribution is 6.35. The summed E-state index contributed by atoms with van der Waals surface area (Å²) >= 11 is 5.59. The van der Waals surface area contributed by atoms with Crippen LogP contribution in [0, 0.1) is 0 Å². The van der Waals surface area contributed by atoms with Crippen LogP contribution in [0.1, 0.15) is 6.92 Å². The maximum absolute atomic E-state index is 10.8. The lowest BCUT2D eigenvalue weighted by atomic mass is 10.2. The summed E-state index contributed by atoms with van der Waals surface area (Å²) in [5.74, 6) is -0.247. The minimum atomic E-state index is -0.247. The van der Waals surface area contributed by atoms with Crippen molar-refractivity contribution in [2.45, 2.75) is 6.92 Å². The lowest BCUT2D eigenvalue weighted by Crippen LogP contribution is -2.19. The molecule has 0 bridgehead atoms. The van der Waals surface area contributed by atoms with E-state index < -0.39 is 0 Å². The number of carbonyl (C=O) groups excluding carboxylic acids is 1. The first-order chi connectivity index (χ1) is 4.63. The molecule has 0 fully saturated rings. The maximum Gasteiger partial charge on any atom is 0.251 e. The lowest BCUT2D eigenvalue weighted by molar-refractivity contribution is -0.116. The molecule has 1 N–H and O–H groups in total. The Hall–Kier alpha value is -0.760. The van der Waals surface area contributed by atoms with E-state index in [4.69, 9.17) is 11.6 Å². The lowest BCUT2D eigenvalue weighted by Gasteiger charge is -1.99. The van der Waals surface area contributed by atoms with Crippen molar-refractivity contribution in [1.29, 1.82) is 0 Å². The van der Waals surface area contributed by atoms with Crippen LogP contribution in [0.15, 0.2) is 23.3 Å². The van der Waals surface area contributed by atoms with Crippen LogP contribution >= 0.6 is 11.6 Å². The summed E-state index contributed by atoms with van der Waals surface area (Å²) in [6, 6.07) is 0. The van der Waals surface area contributed by atoms with Gasteiger partial charge in [-0.1, -0.05) is 24.3 Å². The summed E-state index contributed by atoms with van der Waals surface area (Å²) < 4.78 is 0. The van der Waals surface area contributed by atoms with Gasteiger partial charge in [-0.2, -0.15) is 0 Å². The van der Waals surface area contributed by atoms with Crippen LogP contribution in [0.5, 0.6) is 0 Å². The van der Waals surface area contributed by atoms with Gasteiger partial charge < -0.3 is 5.32 Å². The van der Waals surface area contributed by atoms with Crippen molar-refractivity contribution in [3.63, 3.8) is 0 Å². The maximum atomic E-state index is 10.8. The van der Waals surface area contributed by atoms with Crippen molar-refractivity contribution in [3.05, 3.63) is 23.3 Å². The van der Waals surface area contributed by atoms with Gasteiger partial charge in [0.05, 0.1) is 5.57 Å². The van der Waals surface area contributed by atoms with E-state index in [2.05, 4.69) is 11.9 Å². The van der Waals surface area contributed by atoms with E-state index in [1.165, 1.54) is 7.05 Å². The molecule has 0 rings (SSSR count). The second kappa shape index (κ2) is 4.12. The zero-order valence-corrected chi connectivity index (χ0v) is 6.83. The predicted molar refractivity (Wildman–Crippen MR) is 42.8 cm³/mol. The fourth-order valence-electron chi connectivity index (χ4n) is 0.434. The molecule has 0 heterocycles. The Morgan fingerprint density at radius 2 is 2.20 bits per heavy atom. The fourth-order valence-corrected chi connectivity index (χ4v) is 0.519. The van der Waals surface area contributed by atoms with E-state index in [0.717, 1.165) is 0 Å². The average molecular weight is 160 g/mol. The summed E-state index contributed by atoms with van der Waals surface area (Å²) in [7, 11) is 1.54. The van der Waals surface area contributed by atoms with Gasteiger partial charge in [-0.25, -0.2) is 0 Å². The monoisotopic (exact) mass is 159 g/mol. The highest BCUT2D eigenvalue weighted by atomic mass is 35.5. The van der Waals surface area contributed by atoms with Gasteiger partial charge in [0.15, 0.2) is 0 Å². The Morgan fingerprint density at radius 3 is 2.50 bits per heavy atom. The molecular weight excluding hydrogens is 150 g/mol. The van der Waals surface area contributed by atoms with Crippen LogP contribution in [0.4, 0.5) is 0 Å². The van der Waals surface area contributed by atoms with Crippen LogP contribution in [-0.2, 0) is 4.79 Å². The Morgan fingerprint density at radius 1 is 1.70 bits per heavy atom. The van der Waals surface area contributed by atoms with Crippen molar-refractivity contribution < 1.29 is 4.79 Å². The Bertz CT molecular complexity index is 184. The molecule has 2 nitrogen and oxygen atoms in total. The number of allylic oxidation sites excluding steroid dienone is 1. The van der Waals surface area contributed by atoms with Gasteiger partial charge in [0, 0.05) is 12.1 Å². The van der Waals surface area contributed by atoms with Crippen molar-refractivity contribution in [1.82, 2.24) is 5.32 Å². The number of nitrogens with one attached hydrogen (secondary N) is 1. The van der Waals surface area contributed by atoms with Gasteiger partial charge in [0.1, 0.15) is 0 Å². The number of halogens is 1. The molecule has 0 atom stereocenters. The Labute approximate surface area is 65.6 Å². The summed E-state index contributed by atoms with van der Waals surface area (Å²) in [5.41, 5.74) is 0.298. The van der Waals surface area contributed by atoms with E-state index in [0.29, 0.717) is 10.6 Å². The highest BCUT2D eigenvalue weighted by Crippen LogP contribution is 2.11. The topological polar surface area (TPSA) is 29.1 Å². The minimum Gasteiger partial charge on any atom is -0.355 e. The molecule has 0 aromatic carbocycles. The van der Waals surface area contributed by atoms with Gasteiger partial charge in [0.25, 0.3) is 5.91 Å². The second-order valence-electron chi connectivity index (χ2n) is 1.69. The molecule has 3 heteroatoms. The molecule has 0 unspecified atom stereocenters. The van der Waals surface area contributed by atoms with Gasteiger partial charge in [0.2, 0.25) is 0 Å². The van der Waals surface area contributed by atoms with Crippen LogP contribution in [0.3, 0.4) is 0 Å². The molecule has 0 saturated heterocycles. The molecule has 1 amide bonds. The van der Waals surface area contributed by atoms with E-state index in [9.17, 15) is 4.79 Å². The zero-order chi connectivity index (χ0) is 8.15. The first-order valence-electron chi connectivity index (χ1n) is 2.86. The standard InChI is InChI=1S/C7H10ClNO/c1-4-6(8)5(2)7(10)9-3/h4H,2H2,1,3H3,(H,9,10). The molecule has 0 radical (unpaired) electrons.